The van der Waals surface area contributed by atoms with Crippen molar-refractivity contribution in [1.82, 2.24) is 4.90 Å². The van der Waals surface area contributed by atoms with Crippen molar-refractivity contribution in [3.05, 3.63) is 33.4 Å². The fourth-order valence-electron chi connectivity index (χ4n) is 2.53. The molecule has 0 aliphatic rings. The maximum absolute atomic E-state index is 12.4. The average molecular weight is 479 g/mol. The Labute approximate surface area is 192 Å². The largest absolute Gasteiger partial charge is 0.515 e. The normalized spacial score (nSPS) is 11.5. The number of benzene rings is 1. The Bertz CT molecular complexity index is 1050. The van der Waals surface area contributed by atoms with Crippen LogP contribution >= 0.6 is 0 Å². The number of esters is 1. The third-order valence-electron chi connectivity index (χ3n) is 4.12. The van der Waals surface area contributed by atoms with Gasteiger partial charge in [-0.05, 0) is 38.5 Å². The molecular formula is C20H21N3O11. The molecule has 0 saturated carbocycles. The predicted octanol–water partition coefficient (Wildman–Crippen LogP) is 1.61. The van der Waals surface area contributed by atoms with Crippen LogP contribution in [0.15, 0.2) is 17.7 Å². The molecule has 0 saturated heterocycles. The molecule has 34 heavy (non-hydrogen) atoms. The van der Waals surface area contributed by atoms with Crippen LogP contribution < -0.4 is 4.74 Å². The number of carbonyl (C=O) groups is 4. The van der Waals surface area contributed by atoms with Gasteiger partial charge in [-0.25, -0.2) is 14.4 Å². The topological polar surface area (TPSA) is 207 Å². The van der Waals surface area contributed by atoms with Gasteiger partial charge in [0.1, 0.15) is 11.6 Å². The molecular weight excluding hydrogens is 458 g/mol. The van der Waals surface area contributed by atoms with Gasteiger partial charge in [-0.15, -0.1) is 0 Å². The van der Waals surface area contributed by atoms with E-state index in [9.17, 15) is 39.7 Å². The summed E-state index contributed by atoms with van der Waals surface area (Å²) < 4.78 is 13.5. The number of hydrogen-bond acceptors (Lipinski definition) is 11. The number of hydrogen-bond donors (Lipinski definition) is 2. The molecule has 1 aromatic rings. The second-order valence-electron chi connectivity index (χ2n) is 6.23. The van der Waals surface area contributed by atoms with Crippen LogP contribution in [0, 0.1) is 21.4 Å². The second-order valence-corrected chi connectivity index (χ2v) is 6.23. The minimum absolute atomic E-state index is 0.176. The molecule has 0 aliphatic heterocycles. The SMILES string of the molecule is CCOC(=O)C(OC(=O)Oc1cc(C=C(C#N)C(=O)N(CC)CC)cc([N+](=O)[O-])c1O)C(=O)O. The van der Waals surface area contributed by atoms with Crippen LogP contribution in [0.3, 0.4) is 0 Å². The number of ether oxygens (including phenoxy) is 3. The number of amides is 1. The summed E-state index contributed by atoms with van der Waals surface area (Å²) in [7, 11) is 0. The molecule has 1 rings (SSSR count). The molecule has 0 heterocycles. The Morgan fingerprint density at radius 2 is 1.85 bits per heavy atom. The van der Waals surface area contributed by atoms with Crippen LogP contribution in [-0.2, 0) is 23.9 Å². The number of aromatic hydroxyl groups is 1. The summed E-state index contributed by atoms with van der Waals surface area (Å²) >= 11 is 0. The number of aliphatic carboxylic acids is 1. The lowest BCUT2D eigenvalue weighted by Gasteiger charge is -2.17. The number of phenols is 1. The Morgan fingerprint density at radius 1 is 1.24 bits per heavy atom. The predicted molar refractivity (Wildman–Crippen MR) is 111 cm³/mol. The Balaban J connectivity index is 3.39. The third-order valence-corrected chi connectivity index (χ3v) is 4.12. The maximum Gasteiger partial charge on any atom is 0.515 e. The van der Waals surface area contributed by atoms with Crippen LogP contribution in [-0.4, -0.2) is 69.8 Å². The van der Waals surface area contributed by atoms with E-state index in [2.05, 4.69) is 14.2 Å². The molecule has 0 radical (unpaired) electrons. The van der Waals surface area contributed by atoms with Gasteiger partial charge in [-0.3, -0.25) is 14.9 Å². The molecule has 0 aromatic heterocycles. The first-order valence-corrected chi connectivity index (χ1v) is 9.70. The molecule has 14 nitrogen and oxygen atoms in total. The van der Waals surface area contributed by atoms with E-state index in [-0.39, 0.29) is 25.3 Å². The molecule has 1 aromatic carbocycles. The lowest BCUT2D eigenvalue weighted by atomic mass is 10.1. The van der Waals surface area contributed by atoms with Crippen molar-refractivity contribution in [1.29, 1.82) is 5.26 Å². The average Bonchev–Trinajstić information content (AvgIpc) is 2.78. The van der Waals surface area contributed by atoms with Crippen LogP contribution in [0.1, 0.15) is 26.3 Å². The molecule has 0 aliphatic carbocycles. The second kappa shape index (κ2) is 12.4. The zero-order valence-electron chi connectivity index (χ0n) is 18.3. The smallest absolute Gasteiger partial charge is 0.499 e. The third kappa shape index (κ3) is 6.92. The Hall–Kier alpha value is -4.67. The number of carboxylic acids is 1. The summed E-state index contributed by atoms with van der Waals surface area (Å²) in [5, 5.41) is 39.8. The van der Waals surface area contributed by atoms with Gasteiger partial charge >= 0.3 is 23.8 Å². The molecule has 1 amide bonds. The van der Waals surface area contributed by atoms with E-state index in [1.54, 1.807) is 19.9 Å². The molecule has 2 N–H and O–H groups in total. The molecule has 0 fully saturated rings. The van der Waals surface area contributed by atoms with Crippen molar-refractivity contribution in [3.8, 4) is 17.6 Å². The highest BCUT2D eigenvalue weighted by atomic mass is 16.7. The van der Waals surface area contributed by atoms with E-state index in [0.29, 0.717) is 0 Å². The van der Waals surface area contributed by atoms with Gasteiger partial charge < -0.3 is 29.3 Å². The van der Waals surface area contributed by atoms with Crippen molar-refractivity contribution in [2.24, 2.45) is 0 Å². The summed E-state index contributed by atoms with van der Waals surface area (Å²) in [4.78, 5) is 58.8. The molecule has 14 heteroatoms. The number of likely N-dealkylation sites (N-methyl/N-ethyl adjacent to an activating group) is 1. The summed E-state index contributed by atoms with van der Waals surface area (Å²) in [6.45, 7) is 5.10. The zero-order valence-corrected chi connectivity index (χ0v) is 18.3. The van der Waals surface area contributed by atoms with Gasteiger partial charge in [0.25, 0.3) is 12.0 Å². The van der Waals surface area contributed by atoms with Gasteiger partial charge in [0.15, 0.2) is 5.75 Å². The van der Waals surface area contributed by atoms with Crippen molar-refractivity contribution in [2.45, 2.75) is 26.9 Å². The van der Waals surface area contributed by atoms with Gasteiger partial charge in [0.2, 0.25) is 5.75 Å². The van der Waals surface area contributed by atoms with E-state index in [1.165, 1.54) is 11.8 Å². The minimum atomic E-state index is -2.40. The van der Waals surface area contributed by atoms with Gasteiger partial charge in [-0.1, -0.05) is 0 Å². The number of carboxylic acid groups (broad SMARTS) is 1. The van der Waals surface area contributed by atoms with Gasteiger partial charge in [-0.2, -0.15) is 5.26 Å². The van der Waals surface area contributed by atoms with Gasteiger partial charge in [0.05, 0.1) is 11.5 Å². The fourth-order valence-corrected chi connectivity index (χ4v) is 2.53. The highest BCUT2D eigenvalue weighted by molar-refractivity contribution is 6.02. The molecule has 0 bridgehead atoms. The lowest BCUT2D eigenvalue weighted by molar-refractivity contribution is -0.385. The Kier molecular flexibility index (Phi) is 9.97. The molecule has 1 atom stereocenters. The standard InChI is InChI=1S/C20H21N3O11/c1-4-22(5-2)17(25)12(10-21)7-11-8-13(23(30)31)15(24)14(9-11)33-20(29)34-16(18(26)27)19(28)32-6-3/h7-9,16,24H,4-6H2,1-3H3,(H,26,27). The van der Waals surface area contributed by atoms with Crippen LogP contribution in [0.25, 0.3) is 6.08 Å². The summed E-state index contributed by atoms with van der Waals surface area (Å²) in [6, 6.07) is 3.36. The van der Waals surface area contributed by atoms with Crippen LogP contribution in [0.4, 0.5) is 10.5 Å². The van der Waals surface area contributed by atoms with Crippen LogP contribution in [0.5, 0.6) is 11.5 Å². The fraction of sp³-hybridized carbons (Fsp3) is 0.350. The van der Waals surface area contributed by atoms with Crippen molar-refractivity contribution < 1.29 is 48.5 Å². The van der Waals surface area contributed by atoms with E-state index in [0.717, 1.165) is 18.2 Å². The minimum Gasteiger partial charge on any atom is -0.499 e. The summed E-state index contributed by atoms with van der Waals surface area (Å²) in [5.74, 6) is -5.94. The summed E-state index contributed by atoms with van der Waals surface area (Å²) in [5.41, 5.74) is -1.53. The van der Waals surface area contributed by atoms with Crippen molar-refractivity contribution in [2.75, 3.05) is 19.7 Å². The van der Waals surface area contributed by atoms with E-state index >= 15 is 0 Å². The monoisotopic (exact) mass is 479 g/mol. The van der Waals surface area contributed by atoms with Crippen molar-refractivity contribution >= 4 is 35.8 Å². The van der Waals surface area contributed by atoms with E-state index < -0.39 is 57.8 Å². The first kappa shape index (κ1) is 27.4. The molecule has 0 spiro atoms. The van der Waals surface area contributed by atoms with Gasteiger partial charge in [0, 0.05) is 19.2 Å². The molecule has 1 unspecified atom stereocenters. The number of rotatable bonds is 10. The first-order chi connectivity index (χ1) is 16.0. The number of nitro groups is 1. The number of carbonyl (C=O) groups excluding carboxylic acids is 3. The lowest BCUT2D eigenvalue weighted by Crippen LogP contribution is -2.37. The highest BCUT2D eigenvalue weighted by Gasteiger charge is 2.33. The number of phenolic OH excluding ortho intramolecular Hbond substituents is 1. The number of nitro benzene ring substituents is 1. The van der Waals surface area contributed by atoms with E-state index in [1.807, 2.05) is 0 Å². The highest BCUT2D eigenvalue weighted by Crippen LogP contribution is 2.38. The van der Waals surface area contributed by atoms with E-state index in [4.69, 9.17) is 5.11 Å². The quantitative estimate of drug-likeness (QED) is 0.0933. The first-order valence-electron chi connectivity index (χ1n) is 9.70. The summed E-state index contributed by atoms with van der Waals surface area (Å²) in [6.07, 6.45) is -3.22. The zero-order chi connectivity index (χ0) is 26.0. The maximum atomic E-state index is 12.4. The Morgan fingerprint density at radius 3 is 2.32 bits per heavy atom. The van der Waals surface area contributed by atoms with Crippen molar-refractivity contribution in [3.63, 3.8) is 0 Å². The molecule has 182 valence electrons. The number of nitrogens with zero attached hydrogens (tertiary/aromatic N) is 3. The van der Waals surface area contributed by atoms with Crippen LogP contribution in [0.2, 0.25) is 0 Å². The number of nitriles is 1.